The zero-order valence-electron chi connectivity index (χ0n) is 11.7. The molecule has 19 heavy (non-hydrogen) atoms. The number of benzene rings is 1. The van der Waals surface area contributed by atoms with E-state index in [0.717, 1.165) is 39.0 Å². The van der Waals surface area contributed by atoms with Crippen LogP contribution >= 0.6 is 23.2 Å². The molecule has 1 unspecified atom stereocenters. The molecule has 0 saturated heterocycles. The van der Waals surface area contributed by atoms with Crippen molar-refractivity contribution in [2.75, 3.05) is 19.8 Å². The lowest BCUT2D eigenvalue weighted by Crippen LogP contribution is -2.22. The molecule has 0 saturated carbocycles. The quantitative estimate of drug-likeness (QED) is 0.658. The summed E-state index contributed by atoms with van der Waals surface area (Å²) >= 11 is 12.1. The van der Waals surface area contributed by atoms with E-state index >= 15 is 0 Å². The molecule has 1 aromatic carbocycles. The number of hydrogen-bond acceptors (Lipinski definition) is 2. The highest BCUT2D eigenvalue weighted by molar-refractivity contribution is 6.42. The Morgan fingerprint density at radius 1 is 1.21 bits per heavy atom. The molecule has 0 radical (unpaired) electrons. The van der Waals surface area contributed by atoms with Gasteiger partial charge in [-0.05, 0) is 50.4 Å². The van der Waals surface area contributed by atoms with Crippen molar-refractivity contribution >= 4 is 23.2 Å². The maximum Gasteiger partial charge on any atom is 0.0595 e. The second kappa shape index (κ2) is 9.60. The molecule has 0 fully saturated rings. The molecule has 1 N–H and O–H groups in total. The smallest absolute Gasteiger partial charge is 0.0595 e. The molecular formula is C15H23Cl2NO. The van der Waals surface area contributed by atoms with Gasteiger partial charge < -0.3 is 10.1 Å². The Labute approximate surface area is 126 Å². The molecule has 1 atom stereocenters. The third-order valence-electron chi connectivity index (χ3n) is 2.97. The number of hydrogen-bond donors (Lipinski definition) is 1. The van der Waals surface area contributed by atoms with E-state index in [1.54, 1.807) is 0 Å². The van der Waals surface area contributed by atoms with Crippen LogP contribution in [0.4, 0.5) is 0 Å². The predicted octanol–water partition coefficient (Wildman–Crippen LogP) is 4.85. The van der Waals surface area contributed by atoms with Gasteiger partial charge in [0.15, 0.2) is 0 Å². The first-order valence-electron chi connectivity index (χ1n) is 6.95. The van der Waals surface area contributed by atoms with Gasteiger partial charge in [-0.1, -0.05) is 36.2 Å². The van der Waals surface area contributed by atoms with Crippen LogP contribution in [0.15, 0.2) is 18.2 Å². The summed E-state index contributed by atoms with van der Waals surface area (Å²) in [7, 11) is 0. The first-order chi connectivity index (χ1) is 9.19. The number of nitrogens with one attached hydrogen (secondary N) is 1. The van der Waals surface area contributed by atoms with Crippen molar-refractivity contribution in [2.24, 2.45) is 0 Å². The van der Waals surface area contributed by atoms with Crippen LogP contribution in [0.25, 0.3) is 0 Å². The number of halogens is 2. The molecule has 0 bridgehead atoms. The van der Waals surface area contributed by atoms with Crippen molar-refractivity contribution in [2.45, 2.75) is 39.2 Å². The summed E-state index contributed by atoms with van der Waals surface area (Å²) in [5, 5.41) is 4.78. The monoisotopic (exact) mass is 303 g/mol. The van der Waals surface area contributed by atoms with Gasteiger partial charge in [0.25, 0.3) is 0 Å². The molecule has 2 nitrogen and oxygen atoms in total. The van der Waals surface area contributed by atoms with Gasteiger partial charge in [0.05, 0.1) is 10.0 Å². The van der Waals surface area contributed by atoms with Crippen LogP contribution in [0.3, 0.4) is 0 Å². The predicted molar refractivity (Wildman–Crippen MR) is 83.2 cm³/mol. The van der Waals surface area contributed by atoms with Crippen molar-refractivity contribution in [3.8, 4) is 0 Å². The van der Waals surface area contributed by atoms with Crippen LogP contribution in [0.2, 0.25) is 10.0 Å². The van der Waals surface area contributed by atoms with E-state index in [2.05, 4.69) is 12.2 Å². The van der Waals surface area contributed by atoms with Crippen molar-refractivity contribution in [3.63, 3.8) is 0 Å². The van der Waals surface area contributed by atoms with Gasteiger partial charge in [-0.3, -0.25) is 0 Å². The summed E-state index contributed by atoms with van der Waals surface area (Å²) in [4.78, 5) is 0. The van der Waals surface area contributed by atoms with Gasteiger partial charge in [0, 0.05) is 19.3 Å². The van der Waals surface area contributed by atoms with Crippen LogP contribution in [0.5, 0.6) is 0 Å². The van der Waals surface area contributed by atoms with Crippen molar-refractivity contribution < 1.29 is 4.74 Å². The highest BCUT2D eigenvalue weighted by Gasteiger charge is 2.11. The van der Waals surface area contributed by atoms with E-state index < -0.39 is 0 Å². The second-order valence-electron chi connectivity index (χ2n) is 4.52. The van der Waals surface area contributed by atoms with Gasteiger partial charge in [-0.15, -0.1) is 0 Å². The zero-order chi connectivity index (χ0) is 14.1. The summed E-state index contributed by atoms with van der Waals surface area (Å²) in [6, 6.07) is 6.18. The number of rotatable bonds is 9. The van der Waals surface area contributed by atoms with Crippen LogP contribution in [-0.2, 0) is 4.74 Å². The third-order valence-corrected chi connectivity index (χ3v) is 3.71. The van der Waals surface area contributed by atoms with Gasteiger partial charge in [-0.2, -0.15) is 0 Å². The standard InChI is InChI=1S/C15H23Cl2NO/c1-3-9-18-15(6-5-10-19-4-2)12-7-8-13(16)14(17)11-12/h7-8,11,15,18H,3-6,9-10H2,1-2H3. The average molecular weight is 304 g/mol. The minimum Gasteiger partial charge on any atom is -0.382 e. The molecule has 4 heteroatoms. The molecule has 1 rings (SSSR count). The van der Waals surface area contributed by atoms with E-state index in [4.69, 9.17) is 27.9 Å². The van der Waals surface area contributed by atoms with Crippen LogP contribution in [0, 0.1) is 0 Å². The van der Waals surface area contributed by atoms with Crippen LogP contribution in [0.1, 0.15) is 44.7 Å². The summed E-state index contributed by atoms with van der Waals surface area (Å²) in [6.45, 7) is 6.77. The Balaban J connectivity index is 2.63. The fraction of sp³-hybridized carbons (Fsp3) is 0.600. The lowest BCUT2D eigenvalue weighted by Gasteiger charge is -2.19. The molecule has 0 aliphatic heterocycles. The SMILES string of the molecule is CCCNC(CCCOCC)c1ccc(Cl)c(Cl)c1. The first-order valence-corrected chi connectivity index (χ1v) is 7.70. The zero-order valence-corrected chi connectivity index (χ0v) is 13.2. The largest absolute Gasteiger partial charge is 0.382 e. The Kier molecular flexibility index (Phi) is 8.47. The van der Waals surface area contributed by atoms with E-state index in [9.17, 15) is 0 Å². The summed E-state index contributed by atoms with van der Waals surface area (Å²) in [5.74, 6) is 0. The molecule has 0 amide bonds. The maximum absolute atomic E-state index is 6.09. The molecule has 0 aliphatic rings. The van der Waals surface area contributed by atoms with E-state index in [-0.39, 0.29) is 0 Å². The average Bonchev–Trinajstić information content (AvgIpc) is 2.41. The lowest BCUT2D eigenvalue weighted by molar-refractivity contribution is 0.141. The van der Waals surface area contributed by atoms with Gasteiger partial charge in [0.2, 0.25) is 0 Å². The fourth-order valence-corrected chi connectivity index (χ4v) is 2.27. The molecule has 1 aromatic rings. The Hall–Kier alpha value is -0.280. The van der Waals surface area contributed by atoms with Crippen molar-refractivity contribution in [1.82, 2.24) is 5.32 Å². The Bertz CT molecular complexity index is 371. The van der Waals surface area contributed by atoms with E-state index in [1.165, 1.54) is 5.56 Å². The topological polar surface area (TPSA) is 21.3 Å². The summed E-state index contributed by atoms with van der Waals surface area (Å²) in [6.07, 6.45) is 3.19. The molecule has 0 heterocycles. The minimum atomic E-state index is 0.315. The van der Waals surface area contributed by atoms with Gasteiger partial charge >= 0.3 is 0 Å². The molecular weight excluding hydrogens is 281 g/mol. The van der Waals surface area contributed by atoms with Gasteiger partial charge in [0.1, 0.15) is 0 Å². The van der Waals surface area contributed by atoms with Crippen LogP contribution < -0.4 is 5.32 Å². The van der Waals surface area contributed by atoms with Crippen LogP contribution in [-0.4, -0.2) is 19.8 Å². The summed E-state index contributed by atoms with van der Waals surface area (Å²) < 4.78 is 5.39. The number of ether oxygens (including phenoxy) is 1. The fourth-order valence-electron chi connectivity index (χ4n) is 1.97. The molecule has 0 aromatic heterocycles. The summed E-state index contributed by atoms with van der Waals surface area (Å²) in [5.41, 5.74) is 1.19. The Morgan fingerprint density at radius 2 is 2.00 bits per heavy atom. The van der Waals surface area contributed by atoms with Crippen molar-refractivity contribution in [1.29, 1.82) is 0 Å². The second-order valence-corrected chi connectivity index (χ2v) is 5.33. The first kappa shape index (κ1) is 16.8. The maximum atomic E-state index is 6.09. The Morgan fingerprint density at radius 3 is 2.63 bits per heavy atom. The van der Waals surface area contributed by atoms with E-state index in [0.29, 0.717) is 16.1 Å². The third kappa shape index (κ3) is 6.13. The molecule has 0 aliphatic carbocycles. The highest BCUT2D eigenvalue weighted by Crippen LogP contribution is 2.27. The molecule has 0 spiro atoms. The lowest BCUT2D eigenvalue weighted by atomic mass is 10.0. The van der Waals surface area contributed by atoms with Gasteiger partial charge in [-0.25, -0.2) is 0 Å². The highest BCUT2D eigenvalue weighted by atomic mass is 35.5. The molecule has 108 valence electrons. The normalized spacial score (nSPS) is 12.6. The minimum absolute atomic E-state index is 0.315. The van der Waals surface area contributed by atoms with Crippen molar-refractivity contribution in [3.05, 3.63) is 33.8 Å². The van der Waals surface area contributed by atoms with E-state index in [1.807, 2.05) is 25.1 Å².